The van der Waals surface area contributed by atoms with Crippen LogP contribution in [0.15, 0.2) is 16.5 Å². The Morgan fingerprint density at radius 3 is 2.71 bits per heavy atom. The second-order valence-corrected chi connectivity index (χ2v) is 8.70. The zero-order chi connectivity index (χ0) is 17.7. The lowest BCUT2D eigenvalue weighted by Gasteiger charge is -2.04. The quantitative estimate of drug-likeness (QED) is 0.749. The minimum absolute atomic E-state index is 0.0815. The van der Waals surface area contributed by atoms with Gasteiger partial charge in [0, 0.05) is 18.4 Å². The van der Waals surface area contributed by atoms with Gasteiger partial charge < -0.3 is 9.47 Å². The lowest BCUT2D eigenvalue weighted by atomic mass is 10.2. The number of hydrogen-bond donors (Lipinski definition) is 2. The number of sulfonamides is 1. The highest BCUT2D eigenvalue weighted by Gasteiger charge is 2.22. The van der Waals surface area contributed by atoms with Crippen LogP contribution in [-0.2, 0) is 21.2 Å². The summed E-state index contributed by atoms with van der Waals surface area (Å²) in [6.07, 6.45) is 2.05. The van der Waals surface area contributed by atoms with Gasteiger partial charge in [-0.1, -0.05) is 11.3 Å². The maximum Gasteiger partial charge on any atom is 0.334 e. The second kappa shape index (κ2) is 7.92. The zero-order valence-corrected chi connectivity index (χ0v) is 15.7. The smallest absolute Gasteiger partial charge is 0.334 e. The van der Waals surface area contributed by atoms with Crippen LogP contribution in [0, 0.1) is 6.92 Å². The summed E-state index contributed by atoms with van der Waals surface area (Å²) in [6, 6.07) is 0.661. The summed E-state index contributed by atoms with van der Waals surface area (Å²) < 4.78 is 36.6. The van der Waals surface area contributed by atoms with Crippen LogP contribution in [0.4, 0.5) is 9.93 Å². The molecule has 24 heavy (non-hydrogen) atoms. The fourth-order valence-electron chi connectivity index (χ4n) is 1.77. The monoisotopic (exact) mass is 391 g/mol. The van der Waals surface area contributed by atoms with Crippen molar-refractivity contribution in [2.24, 2.45) is 0 Å². The van der Waals surface area contributed by atoms with Crippen molar-refractivity contribution in [3.8, 4) is 5.06 Å². The molecule has 2 amide bonds. The lowest BCUT2D eigenvalue weighted by Crippen LogP contribution is -2.33. The number of rotatable bonds is 7. The number of aryl methyl sites for hydroxylation is 1. The summed E-state index contributed by atoms with van der Waals surface area (Å²) in [5.74, 6) is 0. The molecular weight excluding hydrogens is 374 g/mol. The van der Waals surface area contributed by atoms with Crippen LogP contribution in [0.2, 0.25) is 0 Å². The summed E-state index contributed by atoms with van der Waals surface area (Å²) in [5, 5.41) is 3.10. The molecule has 0 saturated heterocycles. The molecule has 2 aromatic rings. The number of thiophene rings is 1. The van der Waals surface area contributed by atoms with Crippen LogP contribution in [0.5, 0.6) is 5.06 Å². The molecule has 0 bridgehead atoms. The predicted octanol–water partition coefficient (Wildman–Crippen LogP) is 2.22. The van der Waals surface area contributed by atoms with Crippen molar-refractivity contribution < 1.29 is 22.7 Å². The minimum Gasteiger partial charge on any atom is -0.486 e. The number of amides is 2. The van der Waals surface area contributed by atoms with Gasteiger partial charge in [-0.3, -0.25) is 5.32 Å². The van der Waals surface area contributed by atoms with E-state index in [-0.39, 0.29) is 9.34 Å². The average molecular weight is 391 g/mol. The van der Waals surface area contributed by atoms with E-state index in [2.05, 4.69) is 10.3 Å². The molecule has 8 nitrogen and oxygen atoms in total. The Morgan fingerprint density at radius 2 is 2.08 bits per heavy atom. The van der Waals surface area contributed by atoms with Crippen molar-refractivity contribution in [2.75, 3.05) is 26.1 Å². The van der Waals surface area contributed by atoms with Crippen LogP contribution in [0.25, 0.3) is 0 Å². The van der Waals surface area contributed by atoms with Gasteiger partial charge in [0.15, 0.2) is 10.2 Å². The van der Waals surface area contributed by atoms with E-state index >= 15 is 0 Å². The molecule has 0 aliphatic heterocycles. The first-order chi connectivity index (χ1) is 11.4. The molecule has 2 N–H and O–H groups in total. The number of nitrogens with one attached hydrogen (secondary N) is 2. The maximum absolute atomic E-state index is 12.3. The van der Waals surface area contributed by atoms with Crippen molar-refractivity contribution in [1.29, 1.82) is 0 Å². The number of carbonyl (C=O) groups excluding carboxylic acids is 1. The van der Waals surface area contributed by atoms with E-state index < -0.39 is 16.1 Å². The minimum atomic E-state index is -3.94. The number of carbonyl (C=O) groups is 1. The molecule has 0 atom stereocenters. The molecule has 0 fully saturated rings. The largest absolute Gasteiger partial charge is 0.486 e. The van der Waals surface area contributed by atoms with E-state index in [1.54, 1.807) is 7.11 Å². The Kier molecular flexibility index (Phi) is 6.15. The Labute approximate surface area is 147 Å². The lowest BCUT2D eigenvalue weighted by molar-refractivity contribution is 0.203. The molecule has 0 spiro atoms. The highest BCUT2D eigenvalue weighted by molar-refractivity contribution is 7.92. The van der Waals surface area contributed by atoms with Crippen molar-refractivity contribution in [3.05, 3.63) is 22.7 Å². The van der Waals surface area contributed by atoms with Crippen molar-refractivity contribution >= 4 is 43.9 Å². The third-order valence-electron chi connectivity index (χ3n) is 2.93. The second-order valence-electron chi connectivity index (χ2n) is 4.66. The van der Waals surface area contributed by atoms with Gasteiger partial charge in [0.2, 0.25) is 0 Å². The fourth-order valence-corrected chi connectivity index (χ4v) is 4.88. The number of ether oxygens (including phenoxy) is 2. The van der Waals surface area contributed by atoms with Crippen LogP contribution in [0.1, 0.15) is 10.4 Å². The molecule has 0 aliphatic carbocycles. The maximum atomic E-state index is 12.3. The van der Waals surface area contributed by atoms with Crippen LogP contribution in [-0.4, -0.2) is 40.3 Å². The Morgan fingerprint density at radius 1 is 1.33 bits per heavy atom. The molecule has 132 valence electrons. The number of nitrogens with zero attached hydrogens (tertiary/aromatic N) is 1. The first kappa shape index (κ1) is 18.6. The average Bonchev–Trinajstić information content (AvgIpc) is 3.11. The number of urea groups is 1. The Hall–Kier alpha value is -1.69. The zero-order valence-electron chi connectivity index (χ0n) is 13.3. The van der Waals surface area contributed by atoms with Crippen LogP contribution in [0.3, 0.4) is 0 Å². The van der Waals surface area contributed by atoms with Crippen molar-refractivity contribution in [2.45, 2.75) is 17.6 Å². The third-order valence-corrected chi connectivity index (χ3v) is 6.90. The number of methoxy groups -OCH3 is 2. The predicted molar refractivity (Wildman–Crippen MR) is 92.6 cm³/mol. The first-order valence-electron chi connectivity index (χ1n) is 6.77. The van der Waals surface area contributed by atoms with E-state index in [9.17, 15) is 13.2 Å². The molecule has 2 heterocycles. The van der Waals surface area contributed by atoms with Gasteiger partial charge in [-0.15, -0.1) is 11.3 Å². The van der Waals surface area contributed by atoms with E-state index in [0.29, 0.717) is 18.1 Å². The molecule has 0 saturated carbocycles. The highest BCUT2D eigenvalue weighted by Crippen LogP contribution is 2.27. The summed E-state index contributed by atoms with van der Waals surface area (Å²) in [5.41, 5.74) is 0.850. The molecular formula is C13H17N3O5S3. The Bertz CT molecular complexity index is 813. The van der Waals surface area contributed by atoms with Crippen molar-refractivity contribution in [1.82, 2.24) is 9.71 Å². The van der Waals surface area contributed by atoms with Gasteiger partial charge in [0.25, 0.3) is 10.0 Å². The van der Waals surface area contributed by atoms with Crippen LogP contribution < -0.4 is 14.8 Å². The number of aromatic nitrogens is 1. The highest BCUT2D eigenvalue weighted by atomic mass is 32.2. The van der Waals surface area contributed by atoms with Gasteiger partial charge >= 0.3 is 6.03 Å². The summed E-state index contributed by atoms with van der Waals surface area (Å²) in [7, 11) is -0.886. The Balaban J connectivity index is 2.05. The first-order valence-corrected chi connectivity index (χ1v) is 9.89. The number of anilines is 1. The van der Waals surface area contributed by atoms with Crippen LogP contribution >= 0.6 is 22.7 Å². The summed E-state index contributed by atoms with van der Waals surface area (Å²) in [6.45, 7) is 2.32. The third kappa shape index (κ3) is 4.66. The molecule has 0 unspecified atom stereocenters. The normalized spacial score (nSPS) is 11.3. The molecule has 2 aromatic heterocycles. The topological polar surface area (TPSA) is 107 Å². The SMILES string of the molecule is COCCc1sc(S(=O)(=O)NC(=O)Nc2ncc(OC)s2)cc1C. The molecule has 2 rings (SSSR count). The van der Waals surface area contributed by atoms with E-state index in [4.69, 9.17) is 9.47 Å². The molecule has 0 radical (unpaired) electrons. The molecule has 0 aliphatic rings. The van der Waals surface area contributed by atoms with Gasteiger partial charge in [0.05, 0.1) is 19.9 Å². The fraction of sp³-hybridized carbons (Fsp3) is 0.385. The standard InChI is InChI=1S/C13H17N3O5S3/c1-8-6-11(22-9(8)4-5-20-2)24(18,19)16-12(17)15-13-14-7-10(21-3)23-13/h6-7H,4-5H2,1-3H3,(H2,14,15,16,17). The molecule has 0 aromatic carbocycles. The van der Waals surface area contributed by atoms with Gasteiger partial charge in [-0.05, 0) is 18.6 Å². The van der Waals surface area contributed by atoms with E-state index in [0.717, 1.165) is 33.1 Å². The van der Waals surface area contributed by atoms with Gasteiger partial charge in [-0.25, -0.2) is 22.9 Å². The van der Waals surface area contributed by atoms with E-state index in [1.165, 1.54) is 19.4 Å². The van der Waals surface area contributed by atoms with Crippen molar-refractivity contribution in [3.63, 3.8) is 0 Å². The summed E-state index contributed by atoms with van der Waals surface area (Å²) in [4.78, 5) is 16.7. The number of thiazole rings is 1. The van der Waals surface area contributed by atoms with Gasteiger partial charge in [-0.2, -0.15) is 0 Å². The molecule has 11 heteroatoms. The van der Waals surface area contributed by atoms with E-state index in [1.807, 2.05) is 11.6 Å². The number of hydrogen-bond acceptors (Lipinski definition) is 8. The summed E-state index contributed by atoms with van der Waals surface area (Å²) >= 11 is 2.21. The van der Waals surface area contributed by atoms with Gasteiger partial charge in [0.1, 0.15) is 4.21 Å².